The predicted octanol–water partition coefficient (Wildman–Crippen LogP) is 3.88. The molecular formula is C15H13IN2O3. The van der Waals surface area contributed by atoms with Gasteiger partial charge in [0, 0.05) is 39.9 Å². The number of ketones is 1. The molecule has 2 rings (SSSR count). The summed E-state index contributed by atoms with van der Waals surface area (Å²) < 4.78 is 1.14. The molecule has 0 radical (unpaired) electrons. The molecule has 0 fully saturated rings. The number of anilines is 1. The van der Waals surface area contributed by atoms with E-state index in [1.54, 1.807) is 6.07 Å². The molecule has 0 bridgehead atoms. The summed E-state index contributed by atoms with van der Waals surface area (Å²) in [6.45, 7) is 0.488. The van der Waals surface area contributed by atoms with Crippen molar-refractivity contribution in [3.05, 3.63) is 67.8 Å². The number of nitrogens with one attached hydrogen (secondary N) is 1. The Bertz CT molecular complexity index is 656. The maximum Gasteiger partial charge on any atom is 0.270 e. The van der Waals surface area contributed by atoms with Gasteiger partial charge < -0.3 is 5.32 Å². The molecule has 0 amide bonds. The van der Waals surface area contributed by atoms with Gasteiger partial charge in [-0.15, -0.1) is 0 Å². The quantitative estimate of drug-likeness (QED) is 0.348. The third kappa shape index (κ3) is 4.52. The zero-order valence-electron chi connectivity index (χ0n) is 11.1. The summed E-state index contributed by atoms with van der Waals surface area (Å²) in [6, 6.07) is 13.7. The van der Waals surface area contributed by atoms with E-state index in [0.717, 1.165) is 9.26 Å². The van der Waals surface area contributed by atoms with Crippen LogP contribution in [0.15, 0.2) is 48.5 Å². The molecular weight excluding hydrogens is 383 g/mol. The Hall–Kier alpha value is -1.96. The lowest BCUT2D eigenvalue weighted by Gasteiger charge is -2.06. The Balaban J connectivity index is 1.91. The maximum atomic E-state index is 12.0. The second kappa shape index (κ2) is 7.16. The van der Waals surface area contributed by atoms with Gasteiger partial charge in [0.1, 0.15) is 0 Å². The lowest BCUT2D eigenvalue weighted by Crippen LogP contribution is -2.09. The minimum Gasteiger partial charge on any atom is -0.385 e. The second-order valence-corrected chi connectivity index (χ2v) is 5.66. The Labute approximate surface area is 135 Å². The number of nitrogens with zero attached hydrogens (tertiary/aromatic N) is 1. The van der Waals surface area contributed by atoms with E-state index >= 15 is 0 Å². The van der Waals surface area contributed by atoms with Crippen LogP contribution in [-0.4, -0.2) is 17.3 Å². The number of Topliss-reactive ketones (excluding diaryl/α,β-unsaturated/α-hetero) is 1. The normalized spacial score (nSPS) is 10.1. The van der Waals surface area contributed by atoms with Crippen molar-refractivity contribution in [1.29, 1.82) is 0 Å². The van der Waals surface area contributed by atoms with E-state index in [-0.39, 0.29) is 17.9 Å². The van der Waals surface area contributed by atoms with Gasteiger partial charge >= 0.3 is 0 Å². The Kier molecular flexibility index (Phi) is 5.26. The molecule has 108 valence electrons. The lowest BCUT2D eigenvalue weighted by molar-refractivity contribution is -0.384. The lowest BCUT2D eigenvalue weighted by atomic mass is 10.1. The highest BCUT2D eigenvalue weighted by Crippen LogP contribution is 2.15. The summed E-state index contributed by atoms with van der Waals surface area (Å²) in [4.78, 5) is 22.2. The molecule has 2 aromatic rings. The molecule has 0 saturated heterocycles. The van der Waals surface area contributed by atoms with Gasteiger partial charge in [0.15, 0.2) is 5.78 Å². The molecule has 1 N–H and O–H groups in total. The first-order valence-electron chi connectivity index (χ1n) is 6.33. The summed E-state index contributed by atoms with van der Waals surface area (Å²) in [5, 5.41) is 13.8. The standard InChI is InChI=1S/C15H13IN2O3/c16-12-4-6-13(7-5-12)17-9-8-15(19)11-2-1-3-14(10-11)18(20)21/h1-7,10,17H,8-9H2. The van der Waals surface area contributed by atoms with Crippen LogP contribution in [0, 0.1) is 13.7 Å². The number of benzene rings is 2. The molecule has 0 aliphatic rings. The van der Waals surface area contributed by atoms with Crippen molar-refractivity contribution in [2.24, 2.45) is 0 Å². The highest BCUT2D eigenvalue weighted by molar-refractivity contribution is 14.1. The highest BCUT2D eigenvalue weighted by atomic mass is 127. The minimum absolute atomic E-state index is 0.0635. The number of halogens is 1. The topological polar surface area (TPSA) is 72.2 Å². The number of nitro groups is 1. The van der Waals surface area contributed by atoms with Gasteiger partial charge in [0.25, 0.3) is 5.69 Å². The molecule has 0 saturated carbocycles. The third-order valence-corrected chi connectivity index (χ3v) is 3.62. The molecule has 0 aliphatic carbocycles. The van der Waals surface area contributed by atoms with Crippen LogP contribution in [0.1, 0.15) is 16.8 Å². The molecule has 5 nitrogen and oxygen atoms in total. The predicted molar refractivity (Wildman–Crippen MR) is 89.7 cm³/mol. The van der Waals surface area contributed by atoms with E-state index in [1.165, 1.54) is 18.2 Å². The number of carbonyl (C=O) groups excluding carboxylic acids is 1. The van der Waals surface area contributed by atoms with Crippen molar-refractivity contribution in [2.75, 3.05) is 11.9 Å². The number of rotatable bonds is 6. The first-order chi connectivity index (χ1) is 10.1. The van der Waals surface area contributed by atoms with Gasteiger partial charge in [0.05, 0.1) is 4.92 Å². The molecule has 6 heteroatoms. The molecule has 0 spiro atoms. The van der Waals surface area contributed by atoms with Crippen LogP contribution in [-0.2, 0) is 0 Å². The summed E-state index contributed by atoms with van der Waals surface area (Å²) in [7, 11) is 0. The van der Waals surface area contributed by atoms with Crippen molar-refractivity contribution in [3.63, 3.8) is 0 Å². The van der Waals surface area contributed by atoms with Gasteiger partial charge in [-0.05, 0) is 46.9 Å². The SMILES string of the molecule is O=C(CCNc1ccc(I)cc1)c1cccc([N+](=O)[O-])c1. The molecule has 0 aliphatic heterocycles. The fraction of sp³-hybridized carbons (Fsp3) is 0.133. The van der Waals surface area contributed by atoms with E-state index in [1.807, 2.05) is 24.3 Å². The van der Waals surface area contributed by atoms with E-state index in [9.17, 15) is 14.9 Å². The van der Waals surface area contributed by atoms with E-state index in [0.29, 0.717) is 12.1 Å². The first kappa shape index (κ1) is 15.4. The summed E-state index contributed by atoms with van der Waals surface area (Å²) in [6.07, 6.45) is 0.285. The first-order valence-corrected chi connectivity index (χ1v) is 7.41. The second-order valence-electron chi connectivity index (χ2n) is 4.41. The Morgan fingerprint density at radius 2 is 1.90 bits per heavy atom. The van der Waals surface area contributed by atoms with Crippen molar-refractivity contribution >= 4 is 39.7 Å². The average Bonchev–Trinajstić information content (AvgIpc) is 2.49. The van der Waals surface area contributed by atoms with Crippen molar-refractivity contribution in [2.45, 2.75) is 6.42 Å². The fourth-order valence-corrected chi connectivity index (χ4v) is 2.18. The summed E-state index contributed by atoms with van der Waals surface area (Å²) >= 11 is 2.22. The van der Waals surface area contributed by atoms with Crippen LogP contribution in [0.2, 0.25) is 0 Å². The van der Waals surface area contributed by atoms with Crippen LogP contribution in [0.4, 0.5) is 11.4 Å². The molecule has 0 heterocycles. The van der Waals surface area contributed by atoms with Gasteiger partial charge in [-0.1, -0.05) is 12.1 Å². The minimum atomic E-state index is -0.499. The molecule has 0 unspecified atom stereocenters. The van der Waals surface area contributed by atoms with Crippen LogP contribution >= 0.6 is 22.6 Å². The summed E-state index contributed by atoms with van der Waals surface area (Å²) in [5.74, 6) is -0.114. The van der Waals surface area contributed by atoms with E-state index in [4.69, 9.17) is 0 Å². The third-order valence-electron chi connectivity index (χ3n) is 2.90. The average molecular weight is 396 g/mol. The number of hydrogen-bond acceptors (Lipinski definition) is 4. The Morgan fingerprint density at radius 3 is 2.57 bits per heavy atom. The zero-order valence-corrected chi connectivity index (χ0v) is 13.2. The molecule has 0 aromatic heterocycles. The van der Waals surface area contributed by atoms with Crippen LogP contribution in [0.5, 0.6) is 0 Å². The monoisotopic (exact) mass is 396 g/mol. The van der Waals surface area contributed by atoms with Crippen LogP contribution in [0.3, 0.4) is 0 Å². The van der Waals surface area contributed by atoms with Crippen LogP contribution < -0.4 is 5.32 Å². The van der Waals surface area contributed by atoms with Gasteiger partial charge in [-0.2, -0.15) is 0 Å². The number of hydrogen-bond donors (Lipinski definition) is 1. The Morgan fingerprint density at radius 1 is 1.19 bits per heavy atom. The van der Waals surface area contributed by atoms with Crippen LogP contribution in [0.25, 0.3) is 0 Å². The fourth-order valence-electron chi connectivity index (χ4n) is 1.83. The maximum absolute atomic E-state index is 12.0. The highest BCUT2D eigenvalue weighted by Gasteiger charge is 2.11. The van der Waals surface area contributed by atoms with Gasteiger partial charge in [-0.3, -0.25) is 14.9 Å². The van der Waals surface area contributed by atoms with Crippen molar-refractivity contribution < 1.29 is 9.72 Å². The molecule has 21 heavy (non-hydrogen) atoms. The van der Waals surface area contributed by atoms with E-state index < -0.39 is 4.92 Å². The molecule has 0 atom stereocenters. The van der Waals surface area contributed by atoms with Gasteiger partial charge in [0.2, 0.25) is 0 Å². The van der Waals surface area contributed by atoms with E-state index in [2.05, 4.69) is 27.9 Å². The number of carbonyl (C=O) groups is 1. The smallest absolute Gasteiger partial charge is 0.270 e. The number of nitro benzene ring substituents is 1. The number of non-ortho nitro benzene ring substituents is 1. The van der Waals surface area contributed by atoms with Crippen molar-refractivity contribution in [1.82, 2.24) is 0 Å². The largest absolute Gasteiger partial charge is 0.385 e. The molecule has 2 aromatic carbocycles. The zero-order chi connectivity index (χ0) is 15.2. The van der Waals surface area contributed by atoms with Crippen molar-refractivity contribution in [3.8, 4) is 0 Å². The van der Waals surface area contributed by atoms with Gasteiger partial charge in [-0.25, -0.2) is 0 Å². The summed E-state index contributed by atoms with van der Waals surface area (Å²) in [5.41, 5.74) is 1.25.